The highest BCUT2D eigenvalue weighted by Crippen LogP contribution is 2.30. The molecule has 6 heteroatoms. The summed E-state index contributed by atoms with van der Waals surface area (Å²) in [5.74, 6) is 0. The summed E-state index contributed by atoms with van der Waals surface area (Å²) in [7, 11) is 0. The SMILES string of the molecule is CC(C)(C#N)C(O)C(Cc1ccc(Cl)cc1)n1cncn1. The number of benzene rings is 1. The Morgan fingerprint density at radius 1 is 1.38 bits per heavy atom. The van der Waals surface area contributed by atoms with Crippen molar-refractivity contribution >= 4 is 11.6 Å². The minimum atomic E-state index is -0.886. The zero-order valence-corrected chi connectivity index (χ0v) is 12.7. The van der Waals surface area contributed by atoms with E-state index in [9.17, 15) is 10.4 Å². The fourth-order valence-electron chi connectivity index (χ4n) is 2.15. The first-order valence-electron chi connectivity index (χ1n) is 6.62. The maximum Gasteiger partial charge on any atom is 0.137 e. The number of hydrogen-bond donors (Lipinski definition) is 1. The van der Waals surface area contributed by atoms with E-state index in [4.69, 9.17) is 11.6 Å². The van der Waals surface area contributed by atoms with Crippen LogP contribution in [0.5, 0.6) is 0 Å². The standard InChI is InChI=1S/C15H17ClN4O/c1-15(2,8-17)14(21)13(20-10-18-9-19-20)7-11-3-5-12(16)6-4-11/h3-6,9-10,13-14,21H,7H2,1-2H3. The lowest BCUT2D eigenvalue weighted by Gasteiger charge is -2.30. The van der Waals surface area contributed by atoms with Crippen LogP contribution in [0.2, 0.25) is 5.02 Å². The van der Waals surface area contributed by atoms with Crippen molar-refractivity contribution in [2.45, 2.75) is 32.4 Å². The highest BCUT2D eigenvalue weighted by molar-refractivity contribution is 6.30. The van der Waals surface area contributed by atoms with Crippen LogP contribution in [0.4, 0.5) is 0 Å². The molecule has 0 aliphatic heterocycles. The number of aliphatic hydroxyl groups is 1. The topological polar surface area (TPSA) is 74.7 Å². The van der Waals surface area contributed by atoms with Crippen molar-refractivity contribution in [3.8, 4) is 6.07 Å². The minimum Gasteiger partial charge on any atom is -0.389 e. The minimum absolute atomic E-state index is 0.372. The highest BCUT2D eigenvalue weighted by Gasteiger charge is 2.36. The van der Waals surface area contributed by atoms with Crippen LogP contribution in [0.25, 0.3) is 0 Å². The summed E-state index contributed by atoms with van der Waals surface area (Å²) >= 11 is 5.89. The number of nitriles is 1. The van der Waals surface area contributed by atoms with E-state index in [0.29, 0.717) is 11.4 Å². The maximum absolute atomic E-state index is 10.6. The molecular formula is C15H17ClN4O. The molecule has 2 atom stereocenters. The first-order chi connectivity index (χ1) is 9.94. The van der Waals surface area contributed by atoms with Gasteiger partial charge in [-0.3, -0.25) is 0 Å². The lowest BCUT2D eigenvalue weighted by Crippen LogP contribution is -2.38. The van der Waals surface area contributed by atoms with Crippen LogP contribution in [0.15, 0.2) is 36.9 Å². The molecule has 0 aliphatic carbocycles. The molecule has 2 unspecified atom stereocenters. The van der Waals surface area contributed by atoms with E-state index in [1.165, 1.54) is 6.33 Å². The van der Waals surface area contributed by atoms with Gasteiger partial charge in [0, 0.05) is 5.02 Å². The van der Waals surface area contributed by atoms with Gasteiger partial charge in [0.15, 0.2) is 0 Å². The van der Waals surface area contributed by atoms with E-state index in [0.717, 1.165) is 5.56 Å². The summed E-state index contributed by atoms with van der Waals surface area (Å²) in [5, 5.41) is 24.6. The molecule has 0 radical (unpaired) electrons. The molecule has 5 nitrogen and oxygen atoms in total. The Morgan fingerprint density at radius 2 is 2.05 bits per heavy atom. The number of rotatable bonds is 5. The molecule has 2 rings (SSSR count). The zero-order chi connectivity index (χ0) is 15.5. The van der Waals surface area contributed by atoms with Crippen molar-refractivity contribution in [1.29, 1.82) is 5.26 Å². The van der Waals surface area contributed by atoms with Gasteiger partial charge in [0.2, 0.25) is 0 Å². The summed E-state index contributed by atoms with van der Waals surface area (Å²) in [6, 6.07) is 9.18. The van der Waals surface area contributed by atoms with E-state index in [2.05, 4.69) is 16.2 Å². The molecule has 2 aromatic rings. The van der Waals surface area contributed by atoms with Gasteiger partial charge in [-0.05, 0) is 38.0 Å². The Kier molecular flexibility index (Phi) is 4.61. The Morgan fingerprint density at radius 3 is 2.57 bits per heavy atom. The van der Waals surface area contributed by atoms with Crippen LogP contribution in [0, 0.1) is 16.7 Å². The molecule has 1 N–H and O–H groups in total. The summed E-state index contributed by atoms with van der Waals surface area (Å²) in [6.07, 6.45) is 2.63. The fourth-order valence-corrected chi connectivity index (χ4v) is 2.27. The average Bonchev–Trinajstić information content (AvgIpc) is 3.00. The highest BCUT2D eigenvalue weighted by atomic mass is 35.5. The molecule has 0 aliphatic rings. The molecule has 1 aromatic carbocycles. The van der Waals surface area contributed by atoms with Gasteiger partial charge in [-0.25, -0.2) is 9.67 Å². The summed E-state index contributed by atoms with van der Waals surface area (Å²) in [4.78, 5) is 3.93. The van der Waals surface area contributed by atoms with Crippen LogP contribution >= 0.6 is 11.6 Å². The van der Waals surface area contributed by atoms with Gasteiger partial charge in [0.1, 0.15) is 12.7 Å². The van der Waals surface area contributed by atoms with Crippen molar-refractivity contribution in [3.63, 3.8) is 0 Å². The largest absolute Gasteiger partial charge is 0.389 e. The average molecular weight is 305 g/mol. The zero-order valence-electron chi connectivity index (χ0n) is 11.9. The molecule has 0 spiro atoms. The first-order valence-corrected chi connectivity index (χ1v) is 6.99. The van der Waals surface area contributed by atoms with Gasteiger partial charge >= 0.3 is 0 Å². The van der Waals surface area contributed by atoms with Crippen LogP contribution in [0.1, 0.15) is 25.5 Å². The summed E-state index contributed by atoms with van der Waals surface area (Å²) < 4.78 is 1.60. The quantitative estimate of drug-likeness (QED) is 0.921. The number of aliphatic hydroxyl groups excluding tert-OH is 1. The molecule has 0 fully saturated rings. The lowest BCUT2D eigenvalue weighted by molar-refractivity contribution is 0.0316. The second-order valence-corrected chi connectivity index (χ2v) is 5.99. The Balaban J connectivity index is 2.29. The molecule has 1 aromatic heterocycles. The summed E-state index contributed by atoms with van der Waals surface area (Å²) in [5.41, 5.74) is 0.121. The van der Waals surface area contributed by atoms with Gasteiger partial charge in [-0.2, -0.15) is 10.4 Å². The number of halogens is 1. The van der Waals surface area contributed by atoms with Crippen LogP contribution in [-0.4, -0.2) is 26.0 Å². The molecule has 21 heavy (non-hydrogen) atoms. The monoisotopic (exact) mass is 304 g/mol. The molecule has 0 saturated carbocycles. The predicted octanol–water partition coefficient (Wildman–Crippen LogP) is 2.63. The van der Waals surface area contributed by atoms with Gasteiger partial charge < -0.3 is 5.11 Å². The third-order valence-corrected chi connectivity index (χ3v) is 3.78. The molecule has 0 amide bonds. The number of aromatic nitrogens is 3. The summed E-state index contributed by atoms with van der Waals surface area (Å²) in [6.45, 7) is 3.42. The predicted molar refractivity (Wildman–Crippen MR) is 79.6 cm³/mol. The second kappa shape index (κ2) is 6.25. The van der Waals surface area contributed by atoms with E-state index in [1.54, 1.807) is 37.0 Å². The Labute approximate surface area is 128 Å². The molecular weight excluding hydrogens is 288 g/mol. The van der Waals surface area contributed by atoms with Crippen molar-refractivity contribution in [1.82, 2.24) is 14.8 Å². The van der Waals surface area contributed by atoms with E-state index in [1.807, 2.05) is 12.1 Å². The Bertz CT molecular complexity index is 616. The normalized spacial score (nSPS) is 14.4. The lowest BCUT2D eigenvalue weighted by atomic mass is 9.82. The fraction of sp³-hybridized carbons (Fsp3) is 0.400. The van der Waals surface area contributed by atoms with Gasteiger partial charge in [0.05, 0.1) is 23.6 Å². The van der Waals surface area contributed by atoms with Gasteiger partial charge in [-0.1, -0.05) is 23.7 Å². The molecule has 1 heterocycles. The van der Waals surface area contributed by atoms with Gasteiger partial charge in [0.25, 0.3) is 0 Å². The van der Waals surface area contributed by atoms with Crippen molar-refractivity contribution in [2.75, 3.05) is 0 Å². The molecule has 110 valence electrons. The maximum atomic E-state index is 10.6. The second-order valence-electron chi connectivity index (χ2n) is 5.55. The number of hydrogen-bond acceptors (Lipinski definition) is 4. The van der Waals surface area contributed by atoms with Gasteiger partial charge in [-0.15, -0.1) is 0 Å². The van der Waals surface area contributed by atoms with E-state index in [-0.39, 0.29) is 6.04 Å². The molecule has 0 saturated heterocycles. The molecule has 0 bridgehead atoms. The van der Waals surface area contributed by atoms with Crippen LogP contribution in [-0.2, 0) is 6.42 Å². The van der Waals surface area contributed by atoms with Crippen LogP contribution in [0.3, 0.4) is 0 Å². The van der Waals surface area contributed by atoms with Crippen molar-refractivity contribution in [2.24, 2.45) is 5.41 Å². The van der Waals surface area contributed by atoms with E-state index >= 15 is 0 Å². The third-order valence-electron chi connectivity index (χ3n) is 3.53. The smallest absolute Gasteiger partial charge is 0.137 e. The number of nitrogens with zero attached hydrogens (tertiary/aromatic N) is 4. The Hall–Kier alpha value is -1.90. The first kappa shape index (κ1) is 15.5. The third kappa shape index (κ3) is 3.60. The van der Waals surface area contributed by atoms with Crippen LogP contribution < -0.4 is 0 Å². The van der Waals surface area contributed by atoms with E-state index < -0.39 is 11.5 Å². The van der Waals surface area contributed by atoms with Crippen molar-refractivity contribution in [3.05, 3.63) is 47.5 Å². The van der Waals surface area contributed by atoms with Crippen molar-refractivity contribution < 1.29 is 5.11 Å².